The quantitative estimate of drug-likeness (QED) is 0.670. The van der Waals surface area contributed by atoms with Gasteiger partial charge in [0.2, 0.25) is 23.5 Å². The maximum absolute atomic E-state index is 12.6. The Morgan fingerprint density at radius 2 is 2.11 bits per heavy atom. The van der Waals surface area contributed by atoms with E-state index in [9.17, 15) is 4.79 Å². The summed E-state index contributed by atoms with van der Waals surface area (Å²) < 4.78 is 10.4. The smallest absolute Gasteiger partial charge is 0.227 e. The van der Waals surface area contributed by atoms with Crippen molar-refractivity contribution in [3.8, 4) is 11.4 Å². The maximum atomic E-state index is 12.6. The number of hydrogen-bond acceptors (Lipinski definition) is 7. The van der Waals surface area contributed by atoms with Crippen LogP contribution in [-0.4, -0.2) is 44.2 Å². The molecule has 1 unspecified atom stereocenters. The van der Waals surface area contributed by atoms with Crippen LogP contribution in [-0.2, 0) is 11.2 Å². The average Bonchev–Trinajstić information content (AvgIpc) is 3.35. The first-order chi connectivity index (χ1) is 13.6. The minimum Gasteiger partial charge on any atom is -0.342 e. The lowest BCUT2D eigenvalue weighted by molar-refractivity contribution is -0.132. The lowest BCUT2D eigenvalue weighted by atomic mass is 9.97. The van der Waals surface area contributed by atoms with E-state index in [1.54, 1.807) is 6.92 Å². The summed E-state index contributed by atoms with van der Waals surface area (Å²) in [7, 11) is 0. The Kier molecular flexibility index (Phi) is 5.18. The van der Waals surface area contributed by atoms with E-state index < -0.39 is 0 Å². The molecule has 1 amide bonds. The third kappa shape index (κ3) is 4.11. The van der Waals surface area contributed by atoms with Crippen molar-refractivity contribution in [2.24, 2.45) is 0 Å². The number of carbonyl (C=O) groups excluding carboxylic acids is 1. The van der Waals surface area contributed by atoms with E-state index >= 15 is 0 Å². The van der Waals surface area contributed by atoms with Crippen LogP contribution in [0.1, 0.15) is 48.3 Å². The Balaban J connectivity index is 1.34. The SMILES string of the molecule is Cc1cccc(-c2noc(CCC(=O)N3CCCC(c4noc(C)n4)C3)n2)c1. The first kappa shape index (κ1) is 18.3. The van der Waals surface area contributed by atoms with Gasteiger partial charge in [-0.1, -0.05) is 34.1 Å². The second kappa shape index (κ2) is 7.92. The van der Waals surface area contributed by atoms with Crippen LogP contribution in [0.25, 0.3) is 11.4 Å². The molecule has 0 aliphatic carbocycles. The van der Waals surface area contributed by atoms with Gasteiger partial charge in [-0.15, -0.1) is 0 Å². The molecule has 1 aliphatic rings. The van der Waals surface area contributed by atoms with Crippen LogP contribution in [0.3, 0.4) is 0 Å². The summed E-state index contributed by atoms with van der Waals surface area (Å²) in [6.07, 6.45) is 2.67. The highest BCUT2D eigenvalue weighted by molar-refractivity contribution is 5.76. The van der Waals surface area contributed by atoms with Gasteiger partial charge < -0.3 is 13.9 Å². The summed E-state index contributed by atoms with van der Waals surface area (Å²) in [6.45, 7) is 5.17. The topological polar surface area (TPSA) is 98.2 Å². The Hall–Kier alpha value is -3.03. The van der Waals surface area contributed by atoms with E-state index in [0.717, 1.165) is 30.5 Å². The number of piperidine rings is 1. The van der Waals surface area contributed by atoms with E-state index in [0.29, 0.717) is 42.8 Å². The Morgan fingerprint density at radius 1 is 1.21 bits per heavy atom. The summed E-state index contributed by atoms with van der Waals surface area (Å²) in [5.74, 6) is 2.49. The van der Waals surface area contributed by atoms with Gasteiger partial charge >= 0.3 is 0 Å². The second-order valence-electron chi connectivity index (χ2n) is 7.23. The minimum atomic E-state index is 0.0835. The lowest BCUT2D eigenvalue weighted by Crippen LogP contribution is -2.39. The van der Waals surface area contributed by atoms with Crippen LogP contribution >= 0.6 is 0 Å². The van der Waals surface area contributed by atoms with E-state index in [1.165, 1.54) is 0 Å². The van der Waals surface area contributed by atoms with Crippen LogP contribution in [0.5, 0.6) is 0 Å². The summed E-state index contributed by atoms with van der Waals surface area (Å²) >= 11 is 0. The molecule has 1 fully saturated rings. The summed E-state index contributed by atoms with van der Waals surface area (Å²) in [4.78, 5) is 23.3. The Labute approximate surface area is 162 Å². The van der Waals surface area contributed by atoms with Crippen molar-refractivity contribution in [2.45, 2.75) is 45.4 Å². The molecule has 146 valence electrons. The first-order valence-corrected chi connectivity index (χ1v) is 9.56. The van der Waals surface area contributed by atoms with E-state index in [2.05, 4.69) is 20.3 Å². The molecule has 0 spiro atoms. The van der Waals surface area contributed by atoms with Gasteiger partial charge in [-0.25, -0.2) is 0 Å². The molecule has 3 aromatic rings. The predicted molar refractivity (Wildman–Crippen MR) is 100 cm³/mol. The number of carbonyl (C=O) groups is 1. The van der Waals surface area contributed by atoms with Gasteiger partial charge in [-0.3, -0.25) is 4.79 Å². The van der Waals surface area contributed by atoms with Gasteiger partial charge in [0.15, 0.2) is 5.82 Å². The number of benzene rings is 1. The van der Waals surface area contributed by atoms with Crippen molar-refractivity contribution >= 4 is 5.91 Å². The molecule has 28 heavy (non-hydrogen) atoms. The van der Waals surface area contributed by atoms with Crippen LogP contribution in [0.2, 0.25) is 0 Å². The highest BCUT2D eigenvalue weighted by atomic mass is 16.5. The molecule has 1 atom stereocenters. The van der Waals surface area contributed by atoms with Crippen molar-refractivity contribution in [1.82, 2.24) is 25.2 Å². The van der Waals surface area contributed by atoms with Crippen molar-refractivity contribution in [3.63, 3.8) is 0 Å². The van der Waals surface area contributed by atoms with Crippen molar-refractivity contribution in [2.75, 3.05) is 13.1 Å². The monoisotopic (exact) mass is 381 g/mol. The van der Waals surface area contributed by atoms with Gasteiger partial charge in [0.05, 0.1) is 0 Å². The highest BCUT2D eigenvalue weighted by Gasteiger charge is 2.27. The zero-order chi connectivity index (χ0) is 19.5. The number of aryl methyl sites for hydroxylation is 3. The summed E-state index contributed by atoms with van der Waals surface area (Å²) in [5.41, 5.74) is 2.05. The largest absolute Gasteiger partial charge is 0.342 e. The maximum Gasteiger partial charge on any atom is 0.227 e. The molecule has 0 N–H and O–H groups in total. The van der Waals surface area contributed by atoms with Gasteiger partial charge in [-0.05, 0) is 25.8 Å². The fourth-order valence-electron chi connectivity index (χ4n) is 3.52. The van der Waals surface area contributed by atoms with Gasteiger partial charge in [0.1, 0.15) is 0 Å². The molecule has 8 nitrogen and oxygen atoms in total. The predicted octanol–water partition coefficient (Wildman–Crippen LogP) is 3.08. The van der Waals surface area contributed by atoms with Crippen molar-refractivity contribution in [3.05, 3.63) is 47.4 Å². The van der Waals surface area contributed by atoms with Crippen LogP contribution in [0.15, 0.2) is 33.3 Å². The minimum absolute atomic E-state index is 0.0835. The number of likely N-dealkylation sites (tertiary alicyclic amines) is 1. The zero-order valence-electron chi connectivity index (χ0n) is 16.1. The van der Waals surface area contributed by atoms with E-state index in [4.69, 9.17) is 9.05 Å². The second-order valence-corrected chi connectivity index (χ2v) is 7.23. The van der Waals surface area contributed by atoms with Crippen LogP contribution in [0.4, 0.5) is 0 Å². The number of hydrogen-bond donors (Lipinski definition) is 0. The van der Waals surface area contributed by atoms with Crippen molar-refractivity contribution < 1.29 is 13.8 Å². The van der Waals surface area contributed by atoms with Gasteiger partial charge in [-0.2, -0.15) is 9.97 Å². The number of nitrogens with zero attached hydrogens (tertiary/aromatic N) is 5. The summed E-state index contributed by atoms with van der Waals surface area (Å²) in [5, 5.41) is 8.04. The molecular formula is C20H23N5O3. The summed E-state index contributed by atoms with van der Waals surface area (Å²) in [6, 6.07) is 7.93. The average molecular weight is 381 g/mol. The molecule has 1 aromatic carbocycles. The van der Waals surface area contributed by atoms with E-state index in [-0.39, 0.29) is 11.8 Å². The fourth-order valence-corrected chi connectivity index (χ4v) is 3.52. The molecule has 2 aromatic heterocycles. The van der Waals surface area contributed by atoms with E-state index in [1.807, 2.05) is 36.1 Å². The number of rotatable bonds is 5. The molecular weight excluding hydrogens is 358 g/mol. The fraction of sp³-hybridized carbons (Fsp3) is 0.450. The van der Waals surface area contributed by atoms with Crippen molar-refractivity contribution in [1.29, 1.82) is 0 Å². The van der Waals surface area contributed by atoms with Gasteiger partial charge in [0, 0.05) is 44.3 Å². The highest BCUT2D eigenvalue weighted by Crippen LogP contribution is 2.25. The third-order valence-corrected chi connectivity index (χ3v) is 4.98. The zero-order valence-corrected chi connectivity index (χ0v) is 16.1. The van der Waals surface area contributed by atoms with Gasteiger partial charge in [0.25, 0.3) is 0 Å². The molecule has 0 radical (unpaired) electrons. The van der Waals surface area contributed by atoms with Crippen LogP contribution < -0.4 is 0 Å². The Morgan fingerprint density at radius 3 is 2.89 bits per heavy atom. The lowest BCUT2D eigenvalue weighted by Gasteiger charge is -2.31. The van der Waals surface area contributed by atoms with Crippen LogP contribution in [0, 0.1) is 13.8 Å². The molecule has 8 heteroatoms. The molecule has 0 saturated carbocycles. The normalized spacial score (nSPS) is 17.1. The third-order valence-electron chi connectivity index (χ3n) is 4.98. The number of aromatic nitrogens is 4. The molecule has 0 bridgehead atoms. The molecule has 4 rings (SSSR count). The number of amides is 1. The molecule has 1 aliphatic heterocycles. The first-order valence-electron chi connectivity index (χ1n) is 9.56. The standard InChI is InChI=1S/C20H23N5O3/c1-13-5-3-6-15(11-13)19-22-17(28-24-19)8-9-18(26)25-10-4-7-16(12-25)20-21-14(2)27-23-20/h3,5-6,11,16H,4,7-10,12H2,1-2H3. The molecule has 1 saturated heterocycles. The molecule has 3 heterocycles. The Bertz CT molecular complexity index is 964.